The smallest absolute Gasteiger partial charge is 0.132 e. The van der Waals surface area contributed by atoms with E-state index in [1.54, 1.807) is 0 Å². The fourth-order valence-electron chi connectivity index (χ4n) is 1.85. The molecule has 2 N–H and O–H groups in total. The molecule has 2 rings (SSSR count). The molecule has 0 saturated heterocycles. The SMILES string of the molecule is CC(C)(C)c1ccc(-c2nc(CN)sc2C#N)cc1. The number of rotatable bonds is 2. The molecule has 0 aliphatic rings. The normalized spacial score (nSPS) is 11.3. The highest BCUT2D eigenvalue weighted by Crippen LogP contribution is 2.30. The molecule has 0 fully saturated rings. The highest BCUT2D eigenvalue weighted by Gasteiger charge is 2.15. The number of aromatic nitrogens is 1. The van der Waals surface area contributed by atoms with Gasteiger partial charge < -0.3 is 5.73 Å². The van der Waals surface area contributed by atoms with E-state index in [0.717, 1.165) is 16.3 Å². The molecule has 0 saturated carbocycles. The van der Waals surface area contributed by atoms with E-state index in [-0.39, 0.29) is 5.41 Å². The minimum Gasteiger partial charge on any atom is -0.325 e. The summed E-state index contributed by atoms with van der Waals surface area (Å²) in [5.41, 5.74) is 8.69. The van der Waals surface area contributed by atoms with Gasteiger partial charge in [0.1, 0.15) is 16.0 Å². The van der Waals surface area contributed by atoms with Gasteiger partial charge in [0.2, 0.25) is 0 Å². The van der Waals surface area contributed by atoms with Crippen LogP contribution in [-0.2, 0) is 12.0 Å². The average Bonchev–Trinajstić information content (AvgIpc) is 2.81. The molecule has 4 heteroatoms. The number of hydrogen-bond donors (Lipinski definition) is 1. The van der Waals surface area contributed by atoms with Gasteiger partial charge in [-0.2, -0.15) is 5.26 Å². The topological polar surface area (TPSA) is 62.7 Å². The highest BCUT2D eigenvalue weighted by atomic mass is 32.1. The molecule has 0 spiro atoms. The molecule has 0 aliphatic heterocycles. The van der Waals surface area contributed by atoms with Gasteiger partial charge in [-0.05, 0) is 11.0 Å². The van der Waals surface area contributed by atoms with E-state index in [1.807, 2.05) is 12.1 Å². The van der Waals surface area contributed by atoms with Crippen molar-refractivity contribution >= 4 is 11.3 Å². The standard InChI is InChI=1S/C15H17N3S/c1-15(2,3)11-6-4-10(5-7-11)14-12(8-16)19-13(9-17)18-14/h4-7H,9,17H2,1-3H3. The maximum atomic E-state index is 9.15. The van der Waals surface area contributed by atoms with Crippen molar-refractivity contribution in [2.45, 2.75) is 32.7 Å². The van der Waals surface area contributed by atoms with Gasteiger partial charge in [0.05, 0.1) is 5.69 Å². The second kappa shape index (κ2) is 5.12. The summed E-state index contributed by atoms with van der Waals surface area (Å²) in [4.78, 5) is 5.06. The summed E-state index contributed by atoms with van der Waals surface area (Å²) in [6.07, 6.45) is 0. The van der Waals surface area contributed by atoms with Gasteiger partial charge in [0, 0.05) is 12.1 Å². The second-order valence-electron chi connectivity index (χ2n) is 5.43. The van der Waals surface area contributed by atoms with E-state index in [2.05, 4.69) is 44.0 Å². The minimum atomic E-state index is 0.126. The summed E-state index contributed by atoms with van der Waals surface area (Å²) in [5, 5.41) is 9.95. The minimum absolute atomic E-state index is 0.126. The van der Waals surface area contributed by atoms with E-state index in [4.69, 9.17) is 11.0 Å². The largest absolute Gasteiger partial charge is 0.325 e. The zero-order valence-electron chi connectivity index (χ0n) is 11.4. The van der Waals surface area contributed by atoms with Crippen LogP contribution in [0, 0.1) is 11.3 Å². The number of thiazole rings is 1. The van der Waals surface area contributed by atoms with Crippen LogP contribution >= 0.6 is 11.3 Å². The summed E-state index contributed by atoms with van der Waals surface area (Å²) < 4.78 is 0. The van der Waals surface area contributed by atoms with Gasteiger partial charge in [-0.15, -0.1) is 11.3 Å². The average molecular weight is 271 g/mol. The Labute approximate surface area is 117 Å². The van der Waals surface area contributed by atoms with Gasteiger partial charge in [-0.25, -0.2) is 4.98 Å². The fourth-order valence-corrected chi connectivity index (χ4v) is 2.61. The van der Waals surface area contributed by atoms with E-state index < -0.39 is 0 Å². The van der Waals surface area contributed by atoms with Crippen molar-refractivity contribution in [3.8, 4) is 17.3 Å². The van der Waals surface area contributed by atoms with Crippen LogP contribution in [0.5, 0.6) is 0 Å². The molecule has 1 heterocycles. The maximum absolute atomic E-state index is 9.15. The fraction of sp³-hybridized carbons (Fsp3) is 0.333. The Bertz CT molecular complexity index is 612. The predicted molar refractivity (Wildman–Crippen MR) is 78.9 cm³/mol. The van der Waals surface area contributed by atoms with E-state index in [1.165, 1.54) is 16.9 Å². The lowest BCUT2D eigenvalue weighted by Gasteiger charge is -2.18. The molecule has 1 aromatic carbocycles. The molecular formula is C15H17N3S. The van der Waals surface area contributed by atoms with Crippen LogP contribution in [0.4, 0.5) is 0 Å². The summed E-state index contributed by atoms with van der Waals surface area (Å²) >= 11 is 1.37. The number of hydrogen-bond acceptors (Lipinski definition) is 4. The Balaban J connectivity index is 2.43. The number of nitriles is 1. The predicted octanol–water partition coefficient (Wildman–Crippen LogP) is 3.44. The molecule has 0 amide bonds. The van der Waals surface area contributed by atoms with Crippen molar-refractivity contribution in [1.29, 1.82) is 5.26 Å². The molecule has 1 aromatic heterocycles. The summed E-state index contributed by atoms with van der Waals surface area (Å²) in [7, 11) is 0. The van der Waals surface area contributed by atoms with Crippen molar-refractivity contribution in [3.63, 3.8) is 0 Å². The molecule has 0 aliphatic carbocycles. The summed E-state index contributed by atoms with van der Waals surface area (Å²) in [6, 6.07) is 10.4. The molecule has 19 heavy (non-hydrogen) atoms. The number of nitrogens with two attached hydrogens (primary N) is 1. The quantitative estimate of drug-likeness (QED) is 0.910. The van der Waals surface area contributed by atoms with Crippen molar-refractivity contribution in [2.24, 2.45) is 5.73 Å². The first-order chi connectivity index (χ1) is 8.95. The van der Waals surface area contributed by atoms with E-state index in [0.29, 0.717) is 11.4 Å². The van der Waals surface area contributed by atoms with E-state index >= 15 is 0 Å². The van der Waals surface area contributed by atoms with Crippen LogP contribution in [0.25, 0.3) is 11.3 Å². The van der Waals surface area contributed by atoms with Crippen LogP contribution in [0.1, 0.15) is 36.2 Å². The van der Waals surface area contributed by atoms with Crippen LogP contribution in [0.15, 0.2) is 24.3 Å². The highest BCUT2D eigenvalue weighted by molar-refractivity contribution is 7.12. The van der Waals surface area contributed by atoms with Crippen LogP contribution in [-0.4, -0.2) is 4.98 Å². The van der Waals surface area contributed by atoms with Gasteiger partial charge in [-0.3, -0.25) is 0 Å². The second-order valence-corrected chi connectivity index (χ2v) is 6.51. The van der Waals surface area contributed by atoms with Gasteiger partial charge in [-0.1, -0.05) is 45.0 Å². The lowest BCUT2D eigenvalue weighted by Crippen LogP contribution is -2.10. The Morgan fingerprint density at radius 2 is 1.89 bits per heavy atom. The zero-order chi connectivity index (χ0) is 14.0. The Hall–Kier alpha value is -1.70. The molecule has 98 valence electrons. The lowest BCUT2D eigenvalue weighted by molar-refractivity contribution is 0.590. The summed E-state index contributed by atoms with van der Waals surface area (Å²) in [5.74, 6) is 0. The third-order valence-corrected chi connectivity index (χ3v) is 3.95. The van der Waals surface area contributed by atoms with Crippen LogP contribution in [0.2, 0.25) is 0 Å². The molecule has 2 aromatic rings. The number of nitrogens with zero attached hydrogens (tertiary/aromatic N) is 2. The van der Waals surface area contributed by atoms with Crippen LogP contribution < -0.4 is 5.73 Å². The zero-order valence-corrected chi connectivity index (χ0v) is 12.2. The molecule has 0 unspecified atom stereocenters. The first-order valence-corrected chi connectivity index (χ1v) is 6.98. The van der Waals surface area contributed by atoms with Crippen molar-refractivity contribution < 1.29 is 0 Å². The Morgan fingerprint density at radius 1 is 1.26 bits per heavy atom. The first-order valence-electron chi connectivity index (χ1n) is 6.16. The Kier molecular flexibility index (Phi) is 3.70. The number of benzene rings is 1. The summed E-state index contributed by atoms with van der Waals surface area (Å²) in [6.45, 7) is 6.91. The third-order valence-electron chi connectivity index (χ3n) is 2.97. The lowest BCUT2D eigenvalue weighted by atomic mass is 9.86. The molecule has 3 nitrogen and oxygen atoms in total. The van der Waals surface area contributed by atoms with Crippen LogP contribution in [0.3, 0.4) is 0 Å². The van der Waals surface area contributed by atoms with Gasteiger partial charge in [0.25, 0.3) is 0 Å². The molecule has 0 atom stereocenters. The monoisotopic (exact) mass is 271 g/mol. The first kappa shape index (κ1) is 13.7. The molecular weight excluding hydrogens is 254 g/mol. The van der Waals surface area contributed by atoms with Gasteiger partial charge in [0.15, 0.2) is 0 Å². The van der Waals surface area contributed by atoms with Crippen molar-refractivity contribution in [3.05, 3.63) is 39.7 Å². The van der Waals surface area contributed by atoms with Crippen molar-refractivity contribution in [1.82, 2.24) is 4.98 Å². The molecule has 0 bridgehead atoms. The molecule has 0 radical (unpaired) electrons. The third kappa shape index (κ3) is 2.83. The van der Waals surface area contributed by atoms with Gasteiger partial charge >= 0.3 is 0 Å². The van der Waals surface area contributed by atoms with Crippen molar-refractivity contribution in [2.75, 3.05) is 0 Å². The van der Waals surface area contributed by atoms with E-state index in [9.17, 15) is 0 Å². The maximum Gasteiger partial charge on any atom is 0.132 e. The Morgan fingerprint density at radius 3 is 2.37 bits per heavy atom.